The summed E-state index contributed by atoms with van der Waals surface area (Å²) in [6.45, 7) is 1.85. The summed E-state index contributed by atoms with van der Waals surface area (Å²) in [6.07, 6.45) is 0.658. The minimum Gasteiger partial charge on any atom is -0.493 e. The van der Waals surface area contributed by atoms with E-state index in [0.717, 1.165) is 0 Å². The second-order valence-corrected chi connectivity index (χ2v) is 4.65. The molecule has 6 nitrogen and oxygen atoms in total. The highest BCUT2D eigenvalue weighted by atomic mass is 16.5. The average molecular weight is 277 g/mol. The van der Waals surface area contributed by atoms with Gasteiger partial charge >= 0.3 is 0 Å². The van der Waals surface area contributed by atoms with Crippen molar-refractivity contribution < 1.29 is 14.3 Å². The zero-order valence-electron chi connectivity index (χ0n) is 11.3. The lowest BCUT2D eigenvalue weighted by atomic mass is 10.3. The van der Waals surface area contributed by atoms with Crippen LogP contribution < -0.4 is 15.8 Å². The molecule has 0 bridgehead atoms. The van der Waals surface area contributed by atoms with E-state index in [-0.39, 0.29) is 11.8 Å². The van der Waals surface area contributed by atoms with Gasteiger partial charge < -0.3 is 20.7 Å². The van der Waals surface area contributed by atoms with Crippen LogP contribution >= 0.6 is 0 Å². The summed E-state index contributed by atoms with van der Waals surface area (Å²) in [6, 6.07) is 7.10. The zero-order valence-corrected chi connectivity index (χ0v) is 11.3. The fourth-order valence-corrected chi connectivity index (χ4v) is 2.04. The molecule has 3 N–H and O–H groups in total. The number of ether oxygens (including phenoxy) is 1. The van der Waals surface area contributed by atoms with Gasteiger partial charge in [0.25, 0.3) is 0 Å². The van der Waals surface area contributed by atoms with E-state index in [9.17, 15) is 9.59 Å². The van der Waals surface area contributed by atoms with Crippen molar-refractivity contribution in [3.05, 3.63) is 24.3 Å². The molecule has 1 aromatic rings. The minimum absolute atomic E-state index is 0.00342. The fourth-order valence-electron chi connectivity index (χ4n) is 2.04. The summed E-state index contributed by atoms with van der Waals surface area (Å²) < 4.78 is 5.49. The monoisotopic (exact) mass is 277 g/mol. The molecular weight excluding hydrogens is 258 g/mol. The highest BCUT2D eigenvalue weighted by Crippen LogP contribution is 2.14. The Bertz CT molecular complexity index is 490. The number of hydrogen-bond acceptors (Lipinski definition) is 4. The maximum atomic E-state index is 12.0. The van der Waals surface area contributed by atoms with Gasteiger partial charge in [-0.15, -0.1) is 0 Å². The van der Waals surface area contributed by atoms with E-state index < -0.39 is 0 Å². The molecule has 0 radical (unpaired) electrons. The van der Waals surface area contributed by atoms with E-state index in [2.05, 4.69) is 5.32 Å². The molecule has 0 unspecified atom stereocenters. The van der Waals surface area contributed by atoms with Gasteiger partial charge in [0.05, 0.1) is 13.0 Å². The van der Waals surface area contributed by atoms with Crippen molar-refractivity contribution in [2.24, 2.45) is 0 Å². The lowest BCUT2D eigenvalue weighted by molar-refractivity contribution is -0.131. The van der Waals surface area contributed by atoms with Crippen LogP contribution in [-0.2, 0) is 9.59 Å². The number of carbonyl (C=O) groups is 2. The van der Waals surface area contributed by atoms with Gasteiger partial charge in [0.2, 0.25) is 11.8 Å². The number of anilines is 1. The predicted molar refractivity (Wildman–Crippen MR) is 75.2 cm³/mol. The summed E-state index contributed by atoms with van der Waals surface area (Å²) in [5, 5.41) is 2.74. The van der Waals surface area contributed by atoms with Crippen LogP contribution in [0.4, 0.5) is 5.69 Å². The molecule has 0 aliphatic carbocycles. The van der Waals surface area contributed by atoms with Crippen LogP contribution in [0.25, 0.3) is 0 Å². The number of hydrogen-bond donors (Lipinski definition) is 2. The van der Waals surface area contributed by atoms with E-state index in [4.69, 9.17) is 10.5 Å². The Morgan fingerprint density at radius 1 is 1.40 bits per heavy atom. The standard InChI is InChI=1S/C14H19N3O3/c15-11-2-1-3-12(10-11)20-9-5-14(19)17-7-4-13(18)16-6-8-17/h1-3,10H,4-9,15H2,(H,16,18). The molecule has 1 aliphatic heterocycles. The van der Waals surface area contributed by atoms with Gasteiger partial charge in [0.15, 0.2) is 0 Å². The van der Waals surface area contributed by atoms with Crippen molar-refractivity contribution in [1.29, 1.82) is 0 Å². The van der Waals surface area contributed by atoms with E-state index in [1.165, 1.54) is 0 Å². The molecule has 1 aromatic carbocycles. The van der Waals surface area contributed by atoms with Crippen molar-refractivity contribution in [1.82, 2.24) is 10.2 Å². The smallest absolute Gasteiger partial charge is 0.226 e. The number of nitrogen functional groups attached to an aromatic ring is 1. The van der Waals surface area contributed by atoms with E-state index in [1.807, 2.05) is 0 Å². The van der Waals surface area contributed by atoms with Crippen LogP contribution in [0.5, 0.6) is 5.75 Å². The quantitative estimate of drug-likeness (QED) is 0.780. The third-order valence-electron chi connectivity index (χ3n) is 3.11. The van der Waals surface area contributed by atoms with Crippen LogP contribution in [0.15, 0.2) is 24.3 Å². The second-order valence-electron chi connectivity index (χ2n) is 4.65. The molecular formula is C14H19N3O3. The topological polar surface area (TPSA) is 84.7 Å². The molecule has 1 fully saturated rings. The molecule has 20 heavy (non-hydrogen) atoms. The van der Waals surface area contributed by atoms with Crippen LogP contribution in [0.3, 0.4) is 0 Å². The Kier molecular flexibility index (Phi) is 4.81. The Hall–Kier alpha value is -2.24. The summed E-state index contributed by atoms with van der Waals surface area (Å²) in [5.74, 6) is 0.659. The Morgan fingerprint density at radius 3 is 3.05 bits per heavy atom. The molecule has 2 amide bonds. The number of nitrogens with two attached hydrogens (primary N) is 1. The molecule has 108 valence electrons. The summed E-state index contributed by atoms with van der Waals surface area (Å²) >= 11 is 0. The largest absolute Gasteiger partial charge is 0.493 e. The van der Waals surface area contributed by atoms with Crippen LogP contribution in [-0.4, -0.2) is 43.0 Å². The maximum absolute atomic E-state index is 12.0. The first-order valence-electron chi connectivity index (χ1n) is 6.68. The van der Waals surface area contributed by atoms with E-state index in [0.29, 0.717) is 50.5 Å². The third kappa shape index (κ3) is 4.15. The summed E-state index contributed by atoms with van der Waals surface area (Å²) in [7, 11) is 0. The summed E-state index contributed by atoms with van der Waals surface area (Å²) in [4.78, 5) is 24.9. The van der Waals surface area contributed by atoms with Crippen molar-refractivity contribution >= 4 is 17.5 Å². The molecule has 0 spiro atoms. The van der Waals surface area contributed by atoms with Crippen LogP contribution in [0, 0.1) is 0 Å². The molecule has 6 heteroatoms. The molecule has 1 saturated heterocycles. The zero-order chi connectivity index (χ0) is 14.4. The Balaban J connectivity index is 1.76. The average Bonchev–Trinajstić information content (AvgIpc) is 2.63. The predicted octanol–water partition coefficient (Wildman–Crippen LogP) is 0.386. The van der Waals surface area contributed by atoms with Gasteiger partial charge in [0.1, 0.15) is 5.75 Å². The first-order valence-corrected chi connectivity index (χ1v) is 6.68. The molecule has 1 heterocycles. The van der Waals surface area contributed by atoms with Gasteiger partial charge in [-0.2, -0.15) is 0 Å². The van der Waals surface area contributed by atoms with Crippen molar-refractivity contribution in [3.8, 4) is 5.75 Å². The number of benzene rings is 1. The SMILES string of the molecule is Nc1cccc(OCCC(=O)N2CCNC(=O)CC2)c1. The van der Waals surface area contributed by atoms with Gasteiger partial charge in [-0.05, 0) is 12.1 Å². The lowest BCUT2D eigenvalue weighted by Crippen LogP contribution is -2.34. The maximum Gasteiger partial charge on any atom is 0.226 e. The van der Waals surface area contributed by atoms with Crippen molar-refractivity contribution in [2.75, 3.05) is 32.0 Å². The van der Waals surface area contributed by atoms with Crippen molar-refractivity contribution in [3.63, 3.8) is 0 Å². The van der Waals surface area contributed by atoms with Gasteiger partial charge in [0, 0.05) is 37.8 Å². The Labute approximate surface area is 117 Å². The van der Waals surface area contributed by atoms with Crippen LogP contribution in [0.1, 0.15) is 12.8 Å². The van der Waals surface area contributed by atoms with Crippen LogP contribution in [0.2, 0.25) is 0 Å². The van der Waals surface area contributed by atoms with Crippen molar-refractivity contribution in [2.45, 2.75) is 12.8 Å². The first-order chi connectivity index (χ1) is 9.65. The van der Waals surface area contributed by atoms with Gasteiger partial charge in [-0.3, -0.25) is 9.59 Å². The van der Waals surface area contributed by atoms with E-state index >= 15 is 0 Å². The number of nitrogens with zero attached hydrogens (tertiary/aromatic N) is 1. The fraction of sp³-hybridized carbons (Fsp3) is 0.429. The minimum atomic E-state index is -0.00342. The number of rotatable bonds is 4. The second kappa shape index (κ2) is 6.79. The number of nitrogens with one attached hydrogen (secondary N) is 1. The molecule has 2 rings (SSSR count). The molecule has 0 aromatic heterocycles. The number of carbonyl (C=O) groups excluding carboxylic acids is 2. The summed E-state index contributed by atoms with van der Waals surface area (Å²) in [5.41, 5.74) is 6.27. The molecule has 0 atom stereocenters. The lowest BCUT2D eigenvalue weighted by Gasteiger charge is -2.19. The highest BCUT2D eigenvalue weighted by molar-refractivity contribution is 5.80. The van der Waals surface area contributed by atoms with Gasteiger partial charge in [-0.25, -0.2) is 0 Å². The third-order valence-corrected chi connectivity index (χ3v) is 3.11. The Morgan fingerprint density at radius 2 is 2.25 bits per heavy atom. The number of amides is 2. The van der Waals surface area contributed by atoms with E-state index in [1.54, 1.807) is 29.2 Å². The normalized spacial score (nSPS) is 15.4. The highest BCUT2D eigenvalue weighted by Gasteiger charge is 2.17. The molecule has 1 aliphatic rings. The molecule has 0 saturated carbocycles. The first kappa shape index (κ1) is 14.2. The van der Waals surface area contributed by atoms with Gasteiger partial charge in [-0.1, -0.05) is 6.07 Å².